The van der Waals surface area contributed by atoms with Gasteiger partial charge in [0, 0.05) is 5.39 Å². The number of carbonyl (C=O) groups excluding carboxylic acids is 1. The van der Waals surface area contributed by atoms with Gasteiger partial charge in [0.15, 0.2) is 17.6 Å². The van der Waals surface area contributed by atoms with Crippen LogP contribution in [-0.2, 0) is 4.74 Å². The van der Waals surface area contributed by atoms with Gasteiger partial charge in [0.2, 0.25) is 0 Å². The molecular weight excluding hydrogens is 330 g/mol. The first-order chi connectivity index (χ1) is 12.6. The van der Waals surface area contributed by atoms with Crippen molar-refractivity contribution >= 4 is 16.9 Å². The fourth-order valence-corrected chi connectivity index (χ4v) is 3.22. The highest BCUT2D eigenvalue weighted by Crippen LogP contribution is 2.31. The highest BCUT2D eigenvalue weighted by atomic mass is 16.6. The van der Waals surface area contributed by atoms with Crippen LogP contribution in [0.4, 0.5) is 0 Å². The summed E-state index contributed by atoms with van der Waals surface area (Å²) in [6.07, 6.45) is -0.331. The monoisotopic (exact) mass is 349 g/mol. The third kappa shape index (κ3) is 2.96. The summed E-state index contributed by atoms with van der Waals surface area (Å²) in [7, 11) is 0. The first-order valence-corrected chi connectivity index (χ1v) is 8.55. The van der Waals surface area contributed by atoms with Gasteiger partial charge in [-0.3, -0.25) is 4.98 Å². The van der Waals surface area contributed by atoms with E-state index in [0.717, 1.165) is 16.5 Å². The molecule has 0 fully saturated rings. The van der Waals surface area contributed by atoms with Gasteiger partial charge in [0.1, 0.15) is 13.2 Å². The van der Waals surface area contributed by atoms with E-state index in [1.165, 1.54) is 0 Å². The summed E-state index contributed by atoms with van der Waals surface area (Å²) >= 11 is 0. The van der Waals surface area contributed by atoms with Crippen molar-refractivity contribution in [3.8, 4) is 11.5 Å². The van der Waals surface area contributed by atoms with E-state index in [1.54, 1.807) is 0 Å². The molecule has 0 saturated carbocycles. The lowest BCUT2D eigenvalue weighted by molar-refractivity contribution is 0.0108. The Balaban J connectivity index is 1.50. The number of pyridine rings is 1. The molecule has 0 N–H and O–H groups in total. The molecule has 5 nitrogen and oxygen atoms in total. The van der Waals surface area contributed by atoms with E-state index >= 15 is 0 Å². The molecule has 0 radical (unpaired) electrons. The maximum atomic E-state index is 12.7. The second-order valence-corrected chi connectivity index (χ2v) is 6.31. The van der Waals surface area contributed by atoms with Crippen molar-refractivity contribution in [3.05, 3.63) is 65.4 Å². The molecule has 2 heterocycles. The number of aromatic nitrogens is 1. The Hall–Kier alpha value is -3.08. The molecule has 3 aromatic rings. The lowest BCUT2D eigenvalue weighted by Gasteiger charge is -2.26. The van der Waals surface area contributed by atoms with Gasteiger partial charge in [-0.2, -0.15) is 0 Å². The first-order valence-electron chi connectivity index (χ1n) is 8.55. The molecule has 132 valence electrons. The highest BCUT2D eigenvalue weighted by molar-refractivity contribution is 5.98. The fraction of sp³-hybridized carbons (Fsp3) is 0.238. The topological polar surface area (TPSA) is 57.7 Å². The molecule has 2 aromatic carbocycles. The van der Waals surface area contributed by atoms with Gasteiger partial charge in [0.05, 0.1) is 16.8 Å². The van der Waals surface area contributed by atoms with Crippen LogP contribution in [0.25, 0.3) is 10.9 Å². The first kappa shape index (κ1) is 16.4. The second kappa shape index (κ2) is 6.67. The minimum absolute atomic E-state index is 0.124. The Bertz CT molecular complexity index is 983. The zero-order valence-electron chi connectivity index (χ0n) is 14.7. The standard InChI is InChI=1S/C21H19NO4/c1-13-16-7-3-4-8-17(16)22-14(2)20(13)21(23)25-12-15-11-24-18-9-5-6-10-19(18)26-15/h3-10,15H,11-12H2,1-2H3/t15-/m0/s1. The van der Waals surface area contributed by atoms with Crippen LogP contribution in [0.1, 0.15) is 21.6 Å². The van der Waals surface area contributed by atoms with Gasteiger partial charge < -0.3 is 14.2 Å². The van der Waals surface area contributed by atoms with Crippen molar-refractivity contribution in [2.75, 3.05) is 13.2 Å². The summed E-state index contributed by atoms with van der Waals surface area (Å²) in [6, 6.07) is 15.2. The summed E-state index contributed by atoms with van der Waals surface area (Å²) < 4.78 is 17.0. The van der Waals surface area contributed by atoms with Gasteiger partial charge in [-0.1, -0.05) is 30.3 Å². The summed E-state index contributed by atoms with van der Waals surface area (Å²) in [5, 5.41) is 0.955. The zero-order chi connectivity index (χ0) is 18.1. The molecule has 1 aliphatic heterocycles. The second-order valence-electron chi connectivity index (χ2n) is 6.31. The Morgan fingerprint density at radius 2 is 1.85 bits per heavy atom. The van der Waals surface area contributed by atoms with Crippen LogP contribution in [0, 0.1) is 13.8 Å². The summed E-state index contributed by atoms with van der Waals surface area (Å²) in [5.74, 6) is 0.987. The van der Waals surface area contributed by atoms with Crippen LogP contribution in [0.2, 0.25) is 0 Å². The number of rotatable bonds is 3. The average molecular weight is 349 g/mol. The number of para-hydroxylation sites is 3. The summed E-state index contributed by atoms with van der Waals surface area (Å²) in [6.45, 7) is 4.22. The third-order valence-electron chi connectivity index (χ3n) is 4.50. The van der Waals surface area contributed by atoms with Crippen molar-refractivity contribution in [1.29, 1.82) is 0 Å². The molecule has 5 heteroatoms. The minimum Gasteiger partial charge on any atom is -0.486 e. The minimum atomic E-state index is -0.388. The molecule has 0 unspecified atom stereocenters. The quantitative estimate of drug-likeness (QED) is 0.672. The summed E-state index contributed by atoms with van der Waals surface area (Å²) in [4.78, 5) is 17.2. The molecule has 1 atom stereocenters. The molecule has 0 aliphatic carbocycles. The number of fused-ring (bicyclic) bond motifs is 2. The molecule has 4 rings (SSSR count). The van der Waals surface area contributed by atoms with Crippen LogP contribution in [0.3, 0.4) is 0 Å². The SMILES string of the molecule is Cc1nc2ccccc2c(C)c1C(=O)OC[C@@H]1COc2ccccc2O1. The Kier molecular flexibility index (Phi) is 4.21. The van der Waals surface area contributed by atoms with Crippen molar-refractivity contribution in [2.24, 2.45) is 0 Å². The number of hydrogen-bond acceptors (Lipinski definition) is 5. The number of aryl methyl sites for hydroxylation is 2. The van der Waals surface area contributed by atoms with Crippen molar-refractivity contribution in [3.63, 3.8) is 0 Å². The number of benzene rings is 2. The van der Waals surface area contributed by atoms with Gasteiger partial charge in [-0.15, -0.1) is 0 Å². The van der Waals surface area contributed by atoms with Crippen LogP contribution in [-0.4, -0.2) is 30.3 Å². The molecule has 0 saturated heterocycles. The number of hydrogen-bond donors (Lipinski definition) is 0. The van der Waals surface area contributed by atoms with Gasteiger partial charge >= 0.3 is 5.97 Å². The van der Waals surface area contributed by atoms with E-state index in [-0.39, 0.29) is 18.7 Å². The van der Waals surface area contributed by atoms with Crippen LogP contribution < -0.4 is 9.47 Å². The van der Waals surface area contributed by atoms with E-state index in [2.05, 4.69) is 4.98 Å². The molecule has 0 spiro atoms. The van der Waals surface area contributed by atoms with Crippen molar-refractivity contribution < 1.29 is 19.0 Å². The number of esters is 1. The molecule has 1 aromatic heterocycles. The highest BCUT2D eigenvalue weighted by Gasteiger charge is 2.24. The van der Waals surface area contributed by atoms with Crippen LogP contribution >= 0.6 is 0 Å². The van der Waals surface area contributed by atoms with Crippen molar-refractivity contribution in [2.45, 2.75) is 20.0 Å². The molecule has 1 aliphatic rings. The van der Waals surface area contributed by atoms with Gasteiger partial charge in [0.25, 0.3) is 0 Å². The number of carbonyl (C=O) groups is 1. The van der Waals surface area contributed by atoms with E-state index in [1.807, 2.05) is 62.4 Å². The van der Waals surface area contributed by atoms with Crippen molar-refractivity contribution in [1.82, 2.24) is 4.98 Å². The lowest BCUT2D eigenvalue weighted by atomic mass is 10.0. The van der Waals surface area contributed by atoms with Crippen LogP contribution in [0.15, 0.2) is 48.5 Å². The smallest absolute Gasteiger partial charge is 0.340 e. The van der Waals surface area contributed by atoms with E-state index in [0.29, 0.717) is 29.4 Å². The number of nitrogens with zero attached hydrogens (tertiary/aromatic N) is 1. The normalized spacial score (nSPS) is 15.7. The van der Waals surface area contributed by atoms with E-state index in [4.69, 9.17) is 14.2 Å². The molecule has 26 heavy (non-hydrogen) atoms. The van der Waals surface area contributed by atoms with Gasteiger partial charge in [-0.05, 0) is 37.6 Å². The lowest BCUT2D eigenvalue weighted by Crippen LogP contribution is -2.34. The molecular formula is C21H19NO4. The predicted octanol–water partition coefficient (Wildman–Crippen LogP) is 3.85. The maximum Gasteiger partial charge on any atom is 0.340 e. The van der Waals surface area contributed by atoms with Crippen LogP contribution in [0.5, 0.6) is 11.5 Å². The largest absolute Gasteiger partial charge is 0.486 e. The number of ether oxygens (including phenoxy) is 3. The maximum absolute atomic E-state index is 12.7. The summed E-state index contributed by atoms with van der Waals surface area (Å²) in [5.41, 5.74) is 2.93. The Morgan fingerprint density at radius 1 is 1.12 bits per heavy atom. The Morgan fingerprint density at radius 3 is 2.69 bits per heavy atom. The average Bonchev–Trinajstić information content (AvgIpc) is 2.66. The predicted molar refractivity (Wildman–Crippen MR) is 97.9 cm³/mol. The van der Waals surface area contributed by atoms with E-state index < -0.39 is 0 Å². The molecule has 0 amide bonds. The Labute approximate surface area is 151 Å². The molecule has 0 bridgehead atoms. The van der Waals surface area contributed by atoms with E-state index in [9.17, 15) is 4.79 Å². The third-order valence-corrected chi connectivity index (χ3v) is 4.50. The zero-order valence-corrected chi connectivity index (χ0v) is 14.7. The fourth-order valence-electron chi connectivity index (χ4n) is 3.22. The van der Waals surface area contributed by atoms with Gasteiger partial charge in [-0.25, -0.2) is 4.79 Å².